The SMILES string of the molecule is CCC(=O)NCC1(CCl)CCCCC1. The lowest BCUT2D eigenvalue weighted by Crippen LogP contribution is -2.40. The van der Waals surface area contributed by atoms with Crippen molar-refractivity contribution < 1.29 is 4.79 Å². The number of nitrogens with one attached hydrogen (secondary N) is 1. The molecule has 0 bridgehead atoms. The molecule has 0 aliphatic heterocycles. The molecule has 0 heterocycles. The molecular formula is C11H20ClNO. The lowest BCUT2D eigenvalue weighted by Gasteiger charge is -2.35. The molecule has 14 heavy (non-hydrogen) atoms. The predicted octanol–water partition coefficient (Wildman–Crippen LogP) is 2.70. The van der Waals surface area contributed by atoms with Crippen molar-refractivity contribution in [1.29, 1.82) is 0 Å². The Morgan fingerprint density at radius 3 is 2.50 bits per heavy atom. The molecule has 0 atom stereocenters. The van der Waals surface area contributed by atoms with E-state index in [0.29, 0.717) is 12.3 Å². The summed E-state index contributed by atoms with van der Waals surface area (Å²) in [5.74, 6) is 0.817. The first-order valence-corrected chi connectivity index (χ1v) is 6.08. The Morgan fingerprint density at radius 2 is 2.00 bits per heavy atom. The standard InChI is InChI=1S/C11H20ClNO/c1-2-10(14)13-9-11(8-12)6-4-3-5-7-11/h2-9H2,1H3,(H,13,14). The molecule has 82 valence electrons. The quantitative estimate of drug-likeness (QED) is 0.721. The van der Waals surface area contributed by atoms with Gasteiger partial charge in [-0.3, -0.25) is 4.79 Å². The second-order valence-corrected chi connectivity index (χ2v) is 4.59. The van der Waals surface area contributed by atoms with Crippen LogP contribution in [0.5, 0.6) is 0 Å². The minimum atomic E-state index is 0.139. The van der Waals surface area contributed by atoms with Gasteiger partial charge in [0.25, 0.3) is 0 Å². The van der Waals surface area contributed by atoms with E-state index in [0.717, 1.165) is 6.54 Å². The second-order valence-electron chi connectivity index (χ2n) is 4.32. The van der Waals surface area contributed by atoms with Crippen LogP contribution in [-0.4, -0.2) is 18.3 Å². The number of alkyl halides is 1. The molecule has 0 aromatic heterocycles. The minimum absolute atomic E-state index is 0.139. The number of amides is 1. The molecule has 1 saturated carbocycles. The monoisotopic (exact) mass is 217 g/mol. The van der Waals surface area contributed by atoms with E-state index < -0.39 is 0 Å². The summed E-state index contributed by atoms with van der Waals surface area (Å²) in [5, 5.41) is 2.97. The highest BCUT2D eigenvalue weighted by Crippen LogP contribution is 2.36. The molecule has 0 radical (unpaired) electrons. The van der Waals surface area contributed by atoms with E-state index in [-0.39, 0.29) is 11.3 Å². The number of carbonyl (C=O) groups excluding carboxylic acids is 1. The van der Waals surface area contributed by atoms with Gasteiger partial charge in [0, 0.05) is 24.3 Å². The van der Waals surface area contributed by atoms with Gasteiger partial charge in [0.1, 0.15) is 0 Å². The lowest BCUT2D eigenvalue weighted by atomic mass is 9.75. The Kier molecular flexibility index (Phi) is 4.73. The minimum Gasteiger partial charge on any atom is -0.356 e. The van der Waals surface area contributed by atoms with E-state index in [2.05, 4.69) is 5.32 Å². The van der Waals surface area contributed by atoms with Gasteiger partial charge in [-0.1, -0.05) is 26.2 Å². The number of hydrogen-bond donors (Lipinski definition) is 1. The van der Waals surface area contributed by atoms with E-state index in [1.165, 1.54) is 32.1 Å². The molecule has 1 aliphatic rings. The van der Waals surface area contributed by atoms with E-state index in [9.17, 15) is 4.79 Å². The summed E-state index contributed by atoms with van der Waals surface area (Å²) in [6, 6.07) is 0. The van der Waals surface area contributed by atoms with Crippen LogP contribution in [0.3, 0.4) is 0 Å². The zero-order chi connectivity index (χ0) is 10.4. The highest BCUT2D eigenvalue weighted by molar-refractivity contribution is 6.18. The number of rotatable bonds is 4. The first-order valence-electron chi connectivity index (χ1n) is 5.55. The smallest absolute Gasteiger partial charge is 0.219 e. The molecule has 1 fully saturated rings. The summed E-state index contributed by atoms with van der Waals surface area (Å²) in [7, 11) is 0. The van der Waals surface area contributed by atoms with Crippen LogP contribution in [-0.2, 0) is 4.79 Å². The fraction of sp³-hybridized carbons (Fsp3) is 0.909. The molecule has 0 spiro atoms. The number of carbonyl (C=O) groups is 1. The van der Waals surface area contributed by atoms with Gasteiger partial charge in [0.15, 0.2) is 0 Å². The third kappa shape index (κ3) is 3.16. The van der Waals surface area contributed by atoms with Crippen molar-refractivity contribution in [2.75, 3.05) is 12.4 Å². The average Bonchev–Trinajstić information content (AvgIpc) is 2.27. The van der Waals surface area contributed by atoms with Crippen molar-refractivity contribution in [1.82, 2.24) is 5.32 Å². The largest absolute Gasteiger partial charge is 0.356 e. The Bertz CT molecular complexity index is 188. The Labute approximate surface area is 91.4 Å². The molecule has 2 nitrogen and oxygen atoms in total. The summed E-state index contributed by atoms with van der Waals surface area (Å²) in [6.07, 6.45) is 6.74. The topological polar surface area (TPSA) is 29.1 Å². The van der Waals surface area contributed by atoms with Crippen LogP contribution in [0.1, 0.15) is 45.4 Å². The van der Waals surface area contributed by atoms with Gasteiger partial charge in [-0.2, -0.15) is 0 Å². The van der Waals surface area contributed by atoms with Gasteiger partial charge in [-0.15, -0.1) is 11.6 Å². The molecule has 0 aromatic carbocycles. The Balaban J connectivity index is 2.39. The number of halogens is 1. The van der Waals surface area contributed by atoms with E-state index in [4.69, 9.17) is 11.6 Å². The summed E-state index contributed by atoms with van der Waals surface area (Å²) in [6.45, 7) is 2.65. The molecule has 0 saturated heterocycles. The Hall–Kier alpha value is -0.240. The maximum absolute atomic E-state index is 11.2. The lowest BCUT2D eigenvalue weighted by molar-refractivity contribution is -0.121. The van der Waals surface area contributed by atoms with Crippen molar-refractivity contribution in [3.8, 4) is 0 Å². The molecular weight excluding hydrogens is 198 g/mol. The maximum Gasteiger partial charge on any atom is 0.219 e. The first-order chi connectivity index (χ1) is 6.72. The van der Waals surface area contributed by atoms with Crippen LogP contribution < -0.4 is 5.32 Å². The van der Waals surface area contributed by atoms with Crippen molar-refractivity contribution in [3.05, 3.63) is 0 Å². The van der Waals surface area contributed by atoms with Crippen LogP contribution in [0.2, 0.25) is 0 Å². The molecule has 3 heteroatoms. The highest BCUT2D eigenvalue weighted by atomic mass is 35.5. The zero-order valence-electron chi connectivity index (χ0n) is 8.94. The van der Waals surface area contributed by atoms with Crippen molar-refractivity contribution >= 4 is 17.5 Å². The molecule has 1 aliphatic carbocycles. The van der Waals surface area contributed by atoms with Crippen LogP contribution in [0.25, 0.3) is 0 Å². The highest BCUT2D eigenvalue weighted by Gasteiger charge is 2.31. The summed E-state index contributed by atoms with van der Waals surface area (Å²) in [4.78, 5) is 11.2. The fourth-order valence-electron chi connectivity index (χ4n) is 2.07. The van der Waals surface area contributed by atoms with E-state index in [1.807, 2.05) is 6.92 Å². The number of hydrogen-bond acceptors (Lipinski definition) is 1. The van der Waals surface area contributed by atoms with Crippen LogP contribution in [0.15, 0.2) is 0 Å². The van der Waals surface area contributed by atoms with Crippen molar-refractivity contribution in [2.24, 2.45) is 5.41 Å². The molecule has 1 rings (SSSR count). The summed E-state index contributed by atoms with van der Waals surface area (Å²) < 4.78 is 0. The molecule has 0 unspecified atom stereocenters. The van der Waals surface area contributed by atoms with Gasteiger partial charge in [0.2, 0.25) is 5.91 Å². The van der Waals surface area contributed by atoms with E-state index in [1.54, 1.807) is 0 Å². The average molecular weight is 218 g/mol. The van der Waals surface area contributed by atoms with Gasteiger partial charge in [0.05, 0.1) is 0 Å². The first kappa shape index (κ1) is 11.8. The van der Waals surface area contributed by atoms with Gasteiger partial charge in [-0.05, 0) is 12.8 Å². The normalized spacial score (nSPS) is 20.4. The third-order valence-electron chi connectivity index (χ3n) is 3.18. The molecule has 1 amide bonds. The molecule has 1 N–H and O–H groups in total. The van der Waals surface area contributed by atoms with E-state index >= 15 is 0 Å². The van der Waals surface area contributed by atoms with Crippen LogP contribution in [0.4, 0.5) is 0 Å². The predicted molar refractivity (Wildman–Crippen MR) is 59.5 cm³/mol. The fourth-order valence-corrected chi connectivity index (χ4v) is 2.43. The maximum atomic E-state index is 11.2. The summed E-state index contributed by atoms with van der Waals surface area (Å²) in [5.41, 5.74) is 0.185. The summed E-state index contributed by atoms with van der Waals surface area (Å²) >= 11 is 6.01. The van der Waals surface area contributed by atoms with Crippen molar-refractivity contribution in [3.63, 3.8) is 0 Å². The van der Waals surface area contributed by atoms with Crippen LogP contribution >= 0.6 is 11.6 Å². The van der Waals surface area contributed by atoms with Crippen LogP contribution in [0, 0.1) is 5.41 Å². The van der Waals surface area contributed by atoms with Gasteiger partial charge < -0.3 is 5.32 Å². The third-order valence-corrected chi connectivity index (χ3v) is 3.75. The van der Waals surface area contributed by atoms with Gasteiger partial charge in [-0.25, -0.2) is 0 Å². The molecule has 0 aromatic rings. The zero-order valence-corrected chi connectivity index (χ0v) is 9.70. The second kappa shape index (κ2) is 5.59. The van der Waals surface area contributed by atoms with Crippen molar-refractivity contribution in [2.45, 2.75) is 45.4 Å². The Morgan fingerprint density at radius 1 is 1.36 bits per heavy atom. The van der Waals surface area contributed by atoms with Gasteiger partial charge >= 0.3 is 0 Å².